The van der Waals surface area contributed by atoms with Gasteiger partial charge in [-0.3, -0.25) is 10.1 Å². The first kappa shape index (κ1) is 13.9. The molecular formula is C15H13BrN2O3. The van der Waals surface area contributed by atoms with Crippen LogP contribution < -0.4 is 10.1 Å². The van der Waals surface area contributed by atoms with Crippen molar-refractivity contribution in [1.29, 1.82) is 0 Å². The molecule has 0 fully saturated rings. The molecule has 0 atom stereocenters. The second-order valence-corrected chi connectivity index (χ2v) is 5.72. The average Bonchev–Trinajstić information content (AvgIpc) is 2.93. The van der Waals surface area contributed by atoms with E-state index >= 15 is 0 Å². The Morgan fingerprint density at radius 2 is 2.05 bits per heavy atom. The molecule has 1 aliphatic heterocycles. The Kier molecular flexibility index (Phi) is 3.79. The topological polar surface area (TPSA) is 64.4 Å². The Morgan fingerprint density at radius 3 is 2.76 bits per heavy atom. The van der Waals surface area contributed by atoms with Crippen molar-refractivity contribution in [2.45, 2.75) is 13.0 Å². The zero-order chi connectivity index (χ0) is 14.8. The van der Waals surface area contributed by atoms with Gasteiger partial charge in [0.05, 0.1) is 11.5 Å². The van der Waals surface area contributed by atoms with Crippen LogP contribution in [0, 0.1) is 10.1 Å². The number of hydrogen-bond acceptors (Lipinski definition) is 4. The van der Waals surface area contributed by atoms with E-state index in [2.05, 4.69) is 27.3 Å². The first-order valence-corrected chi connectivity index (χ1v) is 7.35. The average molecular weight is 349 g/mol. The molecule has 0 saturated carbocycles. The predicted octanol–water partition coefficient (Wildman–Crippen LogP) is 3.90. The molecule has 1 heterocycles. The van der Waals surface area contributed by atoms with Gasteiger partial charge in [0.25, 0.3) is 5.69 Å². The van der Waals surface area contributed by atoms with Gasteiger partial charge in [0.1, 0.15) is 5.75 Å². The largest absolute Gasteiger partial charge is 0.493 e. The van der Waals surface area contributed by atoms with Crippen molar-refractivity contribution < 1.29 is 9.66 Å². The Hall–Kier alpha value is -2.08. The van der Waals surface area contributed by atoms with Crippen LogP contribution in [0.1, 0.15) is 11.1 Å². The van der Waals surface area contributed by atoms with E-state index in [-0.39, 0.29) is 5.69 Å². The Labute approximate surface area is 130 Å². The predicted molar refractivity (Wildman–Crippen MR) is 83.8 cm³/mol. The van der Waals surface area contributed by atoms with Crippen LogP contribution in [0.2, 0.25) is 0 Å². The molecule has 3 rings (SSSR count). The number of nitrogens with zero attached hydrogens (tertiary/aromatic N) is 1. The molecular weight excluding hydrogens is 336 g/mol. The van der Waals surface area contributed by atoms with Crippen molar-refractivity contribution in [2.24, 2.45) is 0 Å². The van der Waals surface area contributed by atoms with Crippen LogP contribution in [0.25, 0.3) is 0 Å². The first-order chi connectivity index (χ1) is 10.1. The van der Waals surface area contributed by atoms with Gasteiger partial charge in [-0.2, -0.15) is 0 Å². The van der Waals surface area contributed by atoms with Gasteiger partial charge in [-0.05, 0) is 29.8 Å². The van der Waals surface area contributed by atoms with Crippen molar-refractivity contribution in [3.8, 4) is 5.75 Å². The fraction of sp³-hybridized carbons (Fsp3) is 0.200. The Balaban J connectivity index is 1.75. The van der Waals surface area contributed by atoms with Crippen LogP contribution in [0.4, 0.5) is 11.4 Å². The third-order valence-corrected chi connectivity index (χ3v) is 3.84. The minimum atomic E-state index is -0.404. The van der Waals surface area contributed by atoms with Crippen LogP contribution in [-0.4, -0.2) is 11.5 Å². The van der Waals surface area contributed by atoms with Crippen LogP contribution in [0.3, 0.4) is 0 Å². The number of hydrogen-bond donors (Lipinski definition) is 1. The van der Waals surface area contributed by atoms with E-state index in [1.165, 1.54) is 17.7 Å². The second kappa shape index (κ2) is 5.73. The SMILES string of the molecule is O=[N+]([O-])c1ccc(NCc2cc(Br)cc3c2OCC3)cc1. The molecule has 0 unspecified atom stereocenters. The summed E-state index contributed by atoms with van der Waals surface area (Å²) >= 11 is 3.51. The fourth-order valence-electron chi connectivity index (χ4n) is 2.38. The molecule has 2 aromatic carbocycles. The van der Waals surface area contributed by atoms with Crippen molar-refractivity contribution in [3.63, 3.8) is 0 Å². The van der Waals surface area contributed by atoms with Crippen LogP contribution in [0.5, 0.6) is 5.75 Å². The van der Waals surface area contributed by atoms with Gasteiger partial charge in [-0.15, -0.1) is 0 Å². The summed E-state index contributed by atoms with van der Waals surface area (Å²) in [6.07, 6.45) is 0.930. The van der Waals surface area contributed by atoms with Gasteiger partial charge in [0, 0.05) is 40.8 Å². The van der Waals surface area contributed by atoms with Gasteiger partial charge >= 0.3 is 0 Å². The molecule has 0 aliphatic carbocycles. The Bertz CT molecular complexity index is 686. The zero-order valence-electron chi connectivity index (χ0n) is 11.1. The number of ether oxygens (including phenoxy) is 1. The Morgan fingerprint density at radius 1 is 1.29 bits per heavy atom. The molecule has 0 saturated heterocycles. The number of non-ortho nitro benzene ring substituents is 1. The van der Waals surface area contributed by atoms with E-state index in [4.69, 9.17) is 4.74 Å². The third kappa shape index (κ3) is 3.00. The van der Waals surface area contributed by atoms with Gasteiger partial charge in [0.15, 0.2) is 0 Å². The van der Waals surface area contributed by atoms with Crippen LogP contribution in [0.15, 0.2) is 40.9 Å². The van der Waals surface area contributed by atoms with E-state index in [1.807, 2.05) is 6.07 Å². The summed E-state index contributed by atoms with van der Waals surface area (Å²) in [5.41, 5.74) is 3.22. The maximum absolute atomic E-state index is 10.6. The normalized spacial score (nSPS) is 12.6. The molecule has 6 heteroatoms. The van der Waals surface area contributed by atoms with Crippen LogP contribution >= 0.6 is 15.9 Å². The highest BCUT2D eigenvalue weighted by Gasteiger charge is 2.17. The molecule has 0 radical (unpaired) electrons. The molecule has 108 valence electrons. The lowest BCUT2D eigenvalue weighted by Crippen LogP contribution is -2.02. The summed E-state index contributed by atoms with van der Waals surface area (Å²) in [5.74, 6) is 0.951. The van der Waals surface area contributed by atoms with E-state index in [0.29, 0.717) is 6.54 Å². The highest BCUT2D eigenvalue weighted by atomic mass is 79.9. The highest BCUT2D eigenvalue weighted by molar-refractivity contribution is 9.10. The summed E-state index contributed by atoms with van der Waals surface area (Å²) in [6, 6.07) is 10.5. The first-order valence-electron chi connectivity index (χ1n) is 6.56. The highest BCUT2D eigenvalue weighted by Crippen LogP contribution is 2.33. The van der Waals surface area contributed by atoms with E-state index in [9.17, 15) is 10.1 Å². The van der Waals surface area contributed by atoms with E-state index in [0.717, 1.165) is 34.5 Å². The maximum atomic E-state index is 10.6. The van der Waals surface area contributed by atoms with Gasteiger partial charge in [-0.25, -0.2) is 0 Å². The molecule has 0 amide bonds. The summed E-state index contributed by atoms with van der Waals surface area (Å²) in [7, 11) is 0. The standard InChI is InChI=1S/C15H13BrN2O3/c16-12-7-10-5-6-21-15(10)11(8-12)9-17-13-1-3-14(4-2-13)18(19)20/h1-4,7-8,17H,5-6,9H2. The van der Waals surface area contributed by atoms with Crippen LogP contribution in [-0.2, 0) is 13.0 Å². The minimum absolute atomic E-state index is 0.0900. The van der Waals surface area contributed by atoms with Crippen molar-refractivity contribution in [1.82, 2.24) is 0 Å². The molecule has 2 aromatic rings. The van der Waals surface area contributed by atoms with Gasteiger partial charge < -0.3 is 10.1 Å². The molecule has 1 N–H and O–H groups in total. The lowest BCUT2D eigenvalue weighted by atomic mass is 10.1. The number of nitrogens with one attached hydrogen (secondary N) is 1. The lowest BCUT2D eigenvalue weighted by Gasteiger charge is -2.11. The van der Waals surface area contributed by atoms with Gasteiger partial charge in [-0.1, -0.05) is 15.9 Å². The van der Waals surface area contributed by atoms with Crippen molar-refractivity contribution >= 4 is 27.3 Å². The fourth-order valence-corrected chi connectivity index (χ4v) is 2.93. The third-order valence-electron chi connectivity index (χ3n) is 3.39. The molecule has 0 spiro atoms. The number of nitro groups is 1. The molecule has 0 bridgehead atoms. The summed E-state index contributed by atoms with van der Waals surface area (Å²) in [6.45, 7) is 1.33. The van der Waals surface area contributed by atoms with Crippen molar-refractivity contribution in [3.05, 3.63) is 62.1 Å². The monoisotopic (exact) mass is 348 g/mol. The van der Waals surface area contributed by atoms with E-state index in [1.54, 1.807) is 12.1 Å². The number of anilines is 1. The zero-order valence-corrected chi connectivity index (χ0v) is 12.7. The van der Waals surface area contributed by atoms with Crippen molar-refractivity contribution in [2.75, 3.05) is 11.9 Å². The summed E-state index contributed by atoms with van der Waals surface area (Å²) in [4.78, 5) is 10.2. The molecule has 0 aromatic heterocycles. The number of benzene rings is 2. The summed E-state index contributed by atoms with van der Waals surface area (Å²) in [5, 5.41) is 13.9. The number of fused-ring (bicyclic) bond motifs is 1. The number of nitro benzene ring substituents is 1. The van der Waals surface area contributed by atoms with Gasteiger partial charge in [0.2, 0.25) is 0 Å². The smallest absolute Gasteiger partial charge is 0.269 e. The maximum Gasteiger partial charge on any atom is 0.269 e. The van der Waals surface area contributed by atoms with E-state index < -0.39 is 4.92 Å². The number of halogens is 1. The quantitative estimate of drug-likeness (QED) is 0.672. The minimum Gasteiger partial charge on any atom is -0.493 e. The molecule has 21 heavy (non-hydrogen) atoms. The summed E-state index contributed by atoms with van der Waals surface area (Å²) < 4.78 is 6.71. The second-order valence-electron chi connectivity index (χ2n) is 4.81. The number of rotatable bonds is 4. The molecule has 5 nitrogen and oxygen atoms in total. The molecule has 1 aliphatic rings. The lowest BCUT2D eigenvalue weighted by molar-refractivity contribution is -0.384.